The van der Waals surface area contributed by atoms with Crippen LogP contribution in [0.2, 0.25) is 0 Å². The quantitative estimate of drug-likeness (QED) is 0.736. The average Bonchev–Trinajstić information content (AvgIpc) is 2.98. The highest BCUT2D eigenvalue weighted by molar-refractivity contribution is 9.10. The van der Waals surface area contributed by atoms with Gasteiger partial charge in [-0.05, 0) is 34.8 Å². The third-order valence-corrected chi connectivity index (χ3v) is 4.83. The number of aromatic amines is 1. The number of halogens is 1. The number of hydrogen-bond donors (Lipinski definition) is 2. The van der Waals surface area contributed by atoms with Gasteiger partial charge in [0, 0.05) is 22.3 Å². The summed E-state index contributed by atoms with van der Waals surface area (Å²) in [6, 6.07) is 3.46. The van der Waals surface area contributed by atoms with E-state index in [9.17, 15) is 9.59 Å². The summed E-state index contributed by atoms with van der Waals surface area (Å²) >= 11 is 3.43. The molecule has 0 saturated carbocycles. The Labute approximate surface area is 159 Å². The van der Waals surface area contributed by atoms with Crippen LogP contribution in [0.5, 0.6) is 11.5 Å². The number of aryl methyl sites for hydroxylation is 1. The highest BCUT2D eigenvalue weighted by atomic mass is 79.9. The van der Waals surface area contributed by atoms with E-state index in [0.29, 0.717) is 63.8 Å². The van der Waals surface area contributed by atoms with Gasteiger partial charge in [-0.15, -0.1) is 0 Å². The van der Waals surface area contributed by atoms with Gasteiger partial charge in [-0.2, -0.15) is 0 Å². The number of rotatable bonds is 4. The minimum Gasteiger partial charge on any atom is -0.486 e. The first-order valence-corrected chi connectivity index (χ1v) is 8.95. The van der Waals surface area contributed by atoms with Crippen molar-refractivity contribution < 1.29 is 23.8 Å². The number of carbonyl (C=O) groups excluding carboxylic acids is 2. The Morgan fingerprint density at radius 2 is 1.92 bits per heavy atom. The Morgan fingerprint density at radius 3 is 2.54 bits per heavy atom. The van der Waals surface area contributed by atoms with Crippen LogP contribution in [0.25, 0.3) is 0 Å². The monoisotopic (exact) mass is 422 g/mol. The molecule has 0 aliphatic carbocycles. The smallest absolute Gasteiger partial charge is 0.339 e. The number of amides is 1. The van der Waals surface area contributed by atoms with Gasteiger partial charge in [0.2, 0.25) is 0 Å². The van der Waals surface area contributed by atoms with Crippen LogP contribution in [0.15, 0.2) is 16.6 Å². The van der Waals surface area contributed by atoms with Crippen molar-refractivity contribution in [1.29, 1.82) is 0 Å². The maximum atomic E-state index is 12.8. The molecule has 2 N–H and O–H groups in total. The van der Waals surface area contributed by atoms with Gasteiger partial charge in [0.25, 0.3) is 5.91 Å². The van der Waals surface area contributed by atoms with Crippen molar-refractivity contribution in [2.75, 3.05) is 25.6 Å². The largest absolute Gasteiger partial charge is 0.486 e. The van der Waals surface area contributed by atoms with Crippen molar-refractivity contribution in [2.24, 2.45) is 0 Å². The van der Waals surface area contributed by atoms with E-state index < -0.39 is 5.97 Å². The molecular weight excluding hydrogens is 404 g/mol. The number of hydrogen-bond acceptors (Lipinski definition) is 5. The molecule has 7 nitrogen and oxygen atoms in total. The Balaban J connectivity index is 1.91. The number of fused-ring (bicyclic) bond motifs is 1. The molecule has 1 aliphatic heterocycles. The van der Waals surface area contributed by atoms with Crippen molar-refractivity contribution in [3.8, 4) is 11.5 Å². The summed E-state index contributed by atoms with van der Waals surface area (Å²) in [5.41, 5.74) is 2.50. The van der Waals surface area contributed by atoms with Gasteiger partial charge in [-0.3, -0.25) is 4.79 Å². The molecule has 0 fully saturated rings. The summed E-state index contributed by atoms with van der Waals surface area (Å²) in [6.07, 6.45) is 0.576. The fourth-order valence-corrected chi connectivity index (χ4v) is 3.30. The number of carbonyl (C=O) groups is 2. The zero-order valence-corrected chi connectivity index (χ0v) is 16.3. The van der Waals surface area contributed by atoms with E-state index in [-0.39, 0.29) is 5.91 Å². The van der Waals surface area contributed by atoms with Gasteiger partial charge >= 0.3 is 5.97 Å². The van der Waals surface area contributed by atoms with Crippen LogP contribution in [0, 0.1) is 6.92 Å². The lowest BCUT2D eigenvalue weighted by Crippen LogP contribution is -2.17. The number of nitrogens with one attached hydrogen (secondary N) is 2. The predicted octanol–water partition coefficient (Wildman–Crippen LogP) is 3.46. The molecule has 0 saturated heterocycles. The van der Waals surface area contributed by atoms with Crippen LogP contribution in [-0.2, 0) is 11.2 Å². The lowest BCUT2D eigenvalue weighted by atomic mass is 10.1. The summed E-state index contributed by atoms with van der Waals surface area (Å²) in [5, 5.41) is 2.83. The van der Waals surface area contributed by atoms with E-state index in [2.05, 4.69) is 26.2 Å². The van der Waals surface area contributed by atoms with E-state index in [4.69, 9.17) is 14.2 Å². The molecule has 0 unspecified atom stereocenters. The molecular formula is C18H19BrN2O5. The van der Waals surface area contributed by atoms with Crippen molar-refractivity contribution in [3.05, 3.63) is 39.1 Å². The van der Waals surface area contributed by atoms with Gasteiger partial charge in [0.1, 0.15) is 18.9 Å². The molecule has 2 heterocycles. The molecule has 1 aromatic heterocycles. The molecule has 1 aliphatic rings. The van der Waals surface area contributed by atoms with E-state index in [1.165, 1.54) is 7.11 Å². The lowest BCUT2D eigenvalue weighted by molar-refractivity contribution is 0.0599. The molecule has 0 bridgehead atoms. The van der Waals surface area contributed by atoms with Crippen molar-refractivity contribution in [3.63, 3.8) is 0 Å². The highest BCUT2D eigenvalue weighted by Crippen LogP contribution is 2.38. The highest BCUT2D eigenvalue weighted by Gasteiger charge is 2.24. The Morgan fingerprint density at radius 1 is 1.27 bits per heavy atom. The van der Waals surface area contributed by atoms with Crippen LogP contribution in [0.1, 0.15) is 39.0 Å². The van der Waals surface area contributed by atoms with Crippen LogP contribution in [0.3, 0.4) is 0 Å². The SMILES string of the molecule is CCc1[nH]c(C(=O)Nc2cc3c(cc2Br)OCCO3)c(C)c1C(=O)OC. The van der Waals surface area contributed by atoms with E-state index in [0.717, 1.165) is 0 Å². The summed E-state index contributed by atoms with van der Waals surface area (Å²) < 4.78 is 16.6. The number of aromatic nitrogens is 1. The van der Waals surface area contributed by atoms with Crippen LogP contribution >= 0.6 is 15.9 Å². The first-order chi connectivity index (χ1) is 12.5. The maximum Gasteiger partial charge on any atom is 0.339 e. The number of esters is 1. The third kappa shape index (κ3) is 3.29. The molecule has 8 heteroatoms. The summed E-state index contributed by atoms with van der Waals surface area (Å²) in [7, 11) is 1.32. The zero-order valence-electron chi connectivity index (χ0n) is 14.7. The lowest BCUT2D eigenvalue weighted by Gasteiger charge is -2.20. The molecule has 0 spiro atoms. The molecule has 2 aromatic rings. The molecule has 26 heavy (non-hydrogen) atoms. The maximum absolute atomic E-state index is 12.8. The predicted molar refractivity (Wildman–Crippen MR) is 99.3 cm³/mol. The topological polar surface area (TPSA) is 89.7 Å². The van der Waals surface area contributed by atoms with Gasteiger partial charge in [-0.1, -0.05) is 6.92 Å². The zero-order chi connectivity index (χ0) is 18.8. The fourth-order valence-electron chi connectivity index (χ4n) is 2.87. The molecule has 0 atom stereocenters. The second kappa shape index (κ2) is 7.41. The summed E-state index contributed by atoms with van der Waals surface area (Å²) in [5.74, 6) is 0.376. The molecule has 3 rings (SSSR count). The van der Waals surface area contributed by atoms with Gasteiger partial charge in [-0.25, -0.2) is 4.79 Å². The van der Waals surface area contributed by atoms with E-state index >= 15 is 0 Å². The van der Waals surface area contributed by atoms with Crippen LogP contribution in [0.4, 0.5) is 5.69 Å². The second-order valence-electron chi connectivity index (χ2n) is 5.75. The molecule has 1 amide bonds. The minimum atomic E-state index is -0.463. The standard InChI is InChI=1S/C18H19BrN2O5/c1-4-11-15(18(23)24-3)9(2)16(20-11)17(22)21-12-8-14-13(7-10(12)19)25-5-6-26-14/h7-8,20H,4-6H2,1-3H3,(H,21,22). The summed E-state index contributed by atoms with van der Waals surface area (Å²) in [4.78, 5) is 27.8. The number of H-pyrrole nitrogens is 1. The average molecular weight is 423 g/mol. The third-order valence-electron chi connectivity index (χ3n) is 4.18. The Hall–Kier alpha value is -2.48. The first-order valence-electron chi connectivity index (χ1n) is 8.16. The molecule has 1 aromatic carbocycles. The second-order valence-corrected chi connectivity index (χ2v) is 6.61. The molecule has 138 valence electrons. The molecule has 0 radical (unpaired) electrons. The van der Waals surface area contributed by atoms with E-state index in [1.54, 1.807) is 19.1 Å². The van der Waals surface area contributed by atoms with Gasteiger partial charge in [0.05, 0.1) is 18.4 Å². The van der Waals surface area contributed by atoms with Crippen molar-refractivity contribution >= 4 is 33.5 Å². The van der Waals surface area contributed by atoms with Crippen LogP contribution < -0.4 is 14.8 Å². The van der Waals surface area contributed by atoms with Gasteiger partial charge in [0.15, 0.2) is 11.5 Å². The van der Waals surface area contributed by atoms with Crippen molar-refractivity contribution in [1.82, 2.24) is 4.98 Å². The van der Waals surface area contributed by atoms with Gasteiger partial charge < -0.3 is 24.5 Å². The minimum absolute atomic E-state index is 0.323. The normalized spacial score (nSPS) is 12.6. The van der Waals surface area contributed by atoms with Crippen molar-refractivity contribution in [2.45, 2.75) is 20.3 Å². The van der Waals surface area contributed by atoms with Crippen LogP contribution in [-0.4, -0.2) is 37.2 Å². The number of anilines is 1. The number of ether oxygens (including phenoxy) is 3. The summed E-state index contributed by atoms with van der Waals surface area (Å²) in [6.45, 7) is 4.56. The number of methoxy groups -OCH3 is 1. The number of benzene rings is 1. The Kier molecular flexibility index (Phi) is 5.22. The first kappa shape index (κ1) is 18.3. The van der Waals surface area contributed by atoms with E-state index in [1.807, 2.05) is 6.92 Å². The fraction of sp³-hybridized carbons (Fsp3) is 0.333. The Bertz CT molecular complexity index is 875.